The molecule has 2 rings (SSSR count). The lowest BCUT2D eigenvalue weighted by Gasteiger charge is -2.06. The van der Waals surface area contributed by atoms with Gasteiger partial charge in [0.05, 0.1) is 13.5 Å². The molecule has 0 fully saturated rings. The van der Waals surface area contributed by atoms with E-state index >= 15 is 0 Å². The van der Waals surface area contributed by atoms with Crippen LogP contribution in [-0.4, -0.2) is 28.0 Å². The largest absolute Gasteiger partial charge is 0.469 e. The summed E-state index contributed by atoms with van der Waals surface area (Å²) in [7, 11) is 1.28. The third-order valence-electron chi connectivity index (χ3n) is 2.72. The van der Waals surface area contributed by atoms with Crippen LogP contribution in [0.4, 0.5) is 0 Å². The Labute approximate surface area is 109 Å². The Bertz CT molecular complexity index is 650. The van der Waals surface area contributed by atoms with Gasteiger partial charge in [-0.1, -0.05) is 0 Å². The molecule has 6 heteroatoms. The molecule has 0 aliphatic carbocycles. The maximum atomic E-state index is 12.0. The lowest BCUT2D eigenvalue weighted by atomic mass is 10.1. The van der Waals surface area contributed by atoms with Crippen molar-refractivity contribution in [3.8, 4) is 11.4 Å². The molecule has 0 atom stereocenters. The third kappa shape index (κ3) is 2.85. The van der Waals surface area contributed by atoms with Crippen molar-refractivity contribution in [1.29, 1.82) is 0 Å². The molecule has 1 N–H and O–H groups in total. The fourth-order valence-corrected chi connectivity index (χ4v) is 1.68. The molecule has 0 amide bonds. The summed E-state index contributed by atoms with van der Waals surface area (Å²) < 4.78 is 4.55. The summed E-state index contributed by atoms with van der Waals surface area (Å²) in [4.78, 5) is 34.1. The predicted molar refractivity (Wildman–Crippen MR) is 68.5 cm³/mol. The molecule has 0 saturated carbocycles. The van der Waals surface area contributed by atoms with E-state index in [4.69, 9.17) is 0 Å². The lowest BCUT2D eigenvalue weighted by molar-refractivity contribution is -0.139. The zero-order valence-electron chi connectivity index (χ0n) is 10.6. The van der Waals surface area contributed by atoms with Crippen molar-refractivity contribution < 1.29 is 9.53 Å². The highest BCUT2D eigenvalue weighted by atomic mass is 16.5. The molecule has 98 valence electrons. The fourth-order valence-electron chi connectivity index (χ4n) is 1.68. The van der Waals surface area contributed by atoms with Gasteiger partial charge >= 0.3 is 5.97 Å². The van der Waals surface area contributed by atoms with Gasteiger partial charge in [0.2, 0.25) is 0 Å². The van der Waals surface area contributed by atoms with Crippen LogP contribution in [0.1, 0.15) is 11.3 Å². The fraction of sp³-hybridized carbons (Fsp3) is 0.231. The Morgan fingerprint density at radius 3 is 2.63 bits per heavy atom. The Morgan fingerprint density at radius 1 is 1.37 bits per heavy atom. The molecular weight excluding hydrogens is 246 g/mol. The minimum Gasteiger partial charge on any atom is -0.469 e. The maximum Gasteiger partial charge on any atom is 0.310 e. The number of pyridine rings is 1. The van der Waals surface area contributed by atoms with Crippen molar-refractivity contribution in [3.05, 3.63) is 46.1 Å². The van der Waals surface area contributed by atoms with Crippen molar-refractivity contribution in [1.82, 2.24) is 15.0 Å². The summed E-state index contributed by atoms with van der Waals surface area (Å²) >= 11 is 0. The molecule has 6 nitrogen and oxygen atoms in total. The van der Waals surface area contributed by atoms with Gasteiger partial charge in [0.15, 0.2) is 0 Å². The van der Waals surface area contributed by atoms with Gasteiger partial charge in [-0.3, -0.25) is 14.6 Å². The zero-order chi connectivity index (χ0) is 13.8. The second kappa shape index (κ2) is 5.43. The highest BCUT2D eigenvalue weighted by molar-refractivity contribution is 5.72. The Morgan fingerprint density at radius 2 is 2.05 bits per heavy atom. The summed E-state index contributed by atoms with van der Waals surface area (Å²) in [6.45, 7) is 1.69. The topological polar surface area (TPSA) is 84.9 Å². The van der Waals surface area contributed by atoms with Gasteiger partial charge in [-0.2, -0.15) is 0 Å². The molecule has 0 aliphatic heterocycles. The van der Waals surface area contributed by atoms with Gasteiger partial charge in [-0.05, 0) is 19.1 Å². The van der Waals surface area contributed by atoms with Gasteiger partial charge in [0, 0.05) is 29.2 Å². The number of nitrogens with one attached hydrogen (secondary N) is 1. The van der Waals surface area contributed by atoms with E-state index in [-0.39, 0.29) is 12.0 Å². The molecule has 2 aromatic rings. The van der Waals surface area contributed by atoms with Crippen molar-refractivity contribution in [2.75, 3.05) is 7.11 Å². The first-order valence-corrected chi connectivity index (χ1v) is 5.69. The molecule has 0 aromatic carbocycles. The number of esters is 1. The second-order valence-electron chi connectivity index (χ2n) is 3.97. The number of carbonyl (C=O) groups excluding carboxylic acids is 1. The minimum absolute atomic E-state index is 0.0821. The SMILES string of the molecule is COC(=O)Cc1c(C)nc(-c2ccncc2)[nH]c1=O. The van der Waals surface area contributed by atoms with E-state index in [0.29, 0.717) is 17.1 Å². The van der Waals surface area contributed by atoms with Crippen molar-refractivity contribution in [3.63, 3.8) is 0 Å². The van der Waals surface area contributed by atoms with Crippen LogP contribution >= 0.6 is 0 Å². The normalized spacial score (nSPS) is 10.2. The van der Waals surface area contributed by atoms with Gasteiger partial charge in [-0.25, -0.2) is 4.98 Å². The van der Waals surface area contributed by atoms with E-state index in [1.807, 2.05) is 0 Å². The van der Waals surface area contributed by atoms with Crippen molar-refractivity contribution >= 4 is 5.97 Å². The molecule has 2 aromatic heterocycles. The Balaban J connectivity index is 2.43. The smallest absolute Gasteiger partial charge is 0.310 e. The van der Waals surface area contributed by atoms with Crippen LogP contribution in [0.15, 0.2) is 29.3 Å². The molecule has 0 radical (unpaired) electrons. The summed E-state index contributed by atoms with van der Waals surface area (Å²) in [5.41, 5.74) is 1.27. The zero-order valence-corrected chi connectivity index (χ0v) is 10.6. The number of aromatic amines is 1. The molecule has 0 spiro atoms. The van der Waals surface area contributed by atoms with Crippen LogP contribution in [0.5, 0.6) is 0 Å². The highest BCUT2D eigenvalue weighted by Gasteiger charge is 2.13. The minimum atomic E-state index is -0.466. The van der Waals surface area contributed by atoms with Crippen LogP contribution in [0.3, 0.4) is 0 Å². The Kier molecular flexibility index (Phi) is 3.70. The average Bonchev–Trinajstić information content (AvgIpc) is 2.43. The number of rotatable bonds is 3. The van der Waals surface area contributed by atoms with Gasteiger partial charge < -0.3 is 9.72 Å². The number of aromatic nitrogens is 3. The first-order valence-electron chi connectivity index (χ1n) is 5.69. The van der Waals surface area contributed by atoms with E-state index in [9.17, 15) is 9.59 Å². The quantitative estimate of drug-likeness (QED) is 0.826. The molecule has 0 aliphatic rings. The summed E-state index contributed by atoms with van der Waals surface area (Å²) in [5, 5.41) is 0. The van der Waals surface area contributed by atoms with Gasteiger partial charge in [0.25, 0.3) is 5.56 Å². The number of hydrogen-bond acceptors (Lipinski definition) is 5. The number of ether oxygens (including phenoxy) is 1. The van der Waals surface area contributed by atoms with E-state index < -0.39 is 5.97 Å². The molecule has 0 unspecified atom stereocenters. The third-order valence-corrected chi connectivity index (χ3v) is 2.72. The molecule has 0 saturated heterocycles. The van der Waals surface area contributed by atoms with Crippen LogP contribution in [0.2, 0.25) is 0 Å². The van der Waals surface area contributed by atoms with Crippen LogP contribution < -0.4 is 5.56 Å². The summed E-state index contributed by atoms with van der Waals surface area (Å²) in [6, 6.07) is 3.50. The van der Waals surface area contributed by atoms with E-state index in [0.717, 1.165) is 5.56 Å². The van der Waals surface area contributed by atoms with Gasteiger partial charge in [0.1, 0.15) is 5.82 Å². The first kappa shape index (κ1) is 12.9. The summed E-state index contributed by atoms with van der Waals surface area (Å²) in [5.74, 6) is -0.00873. The number of H-pyrrole nitrogens is 1. The van der Waals surface area contributed by atoms with Gasteiger partial charge in [-0.15, -0.1) is 0 Å². The average molecular weight is 259 g/mol. The lowest BCUT2D eigenvalue weighted by Crippen LogP contribution is -2.21. The number of nitrogens with zero attached hydrogens (tertiary/aromatic N) is 2. The van der Waals surface area contributed by atoms with E-state index in [1.165, 1.54) is 7.11 Å². The van der Waals surface area contributed by atoms with E-state index in [2.05, 4.69) is 19.7 Å². The number of hydrogen-bond donors (Lipinski definition) is 1. The van der Waals surface area contributed by atoms with Crippen molar-refractivity contribution in [2.24, 2.45) is 0 Å². The standard InChI is InChI=1S/C13H13N3O3/c1-8-10(7-11(17)19-2)13(18)16-12(15-8)9-3-5-14-6-4-9/h3-6H,7H2,1-2H3,(H,15,16,18). The van der Waals surface area contributed by atoms with E-state index in [1.54, 1.807) is 31.5 Å². The van der Waals surface area contributed by atoms with Crippen molar-refractivity contribution in [2.45, 2.75) is 13.3 Å². The molecule has 2 heterocycles. The maximum absolute atomic E-state index is 12.0. The van der Waals surface area contributed by atoms with Crippen LogP contribution in [0.25, 0.3) is 11.4 Å². The highest BCUT2D eigenvalue weighted by Crippen LogP contribution is 2.13. The molecule has 0 bridgehead atoms. The van der Waals surface area contributed by atoms with Crippen LogP contribution in [0, 0.1) is 6.92 Å². The molecule has 19 heavy (non-hydrogen) atoms. The first-order chi connectivity index (χ1) is 9.11. The second-order valence-corrected chi connectivity index (χ2v) is 3.97. The Hall–Kier alpha value is -2.50. The number of aryl methyl sites for hydroxylation is 1. The number of carbonyl (C=O) groups is 1. The summed E-state index contributed by atoms with van der Waals surface area (Å²) in [6.07, 6.45) is 3.15. The predicted octanol–water partition coefficient (Wildman–Crippen LogP) is 0.856. The monoisotopic (exact) mass is 259 g/mol. The number of methoxy groups -OCH3 is 1. The molecular formula is C13H13N3O3. The van der Waals surface area contributed by atoms with Crippen LogP contribution in [-0.2, 0) is 16.0 Å².